The standard InChI is InChI=1S/C35H34ClF2N5O2/c1-4-5-11-28-42-33(36)32(43(28)20-23-9-7-6-8-10-23)31-29(34(44)40-26-16-12-24(37)13-17-26)21(2)39-22(3)30(31)35(45)41-27-18-14-25(38)15-19-27/h6-10,12-19,31,39H,4-5,11,20H2,1-3H3,(H,40,44)(H,41,45). The van der Waals surface area contributed by atoms with Gasteiger partial charge in [0.2, 0.25) is 0 Å². The van der Waals surface area contributed by atoms with E-state index in [2.05, 4.69) is 22.9 Å². The van der Waals surface area contributed by atoms with Gasteiger partial charge in [-0.1, -0.05) is 55.3 Å². The average molecular weight is 630 g/mol. The van der Waals surface area contributed by atoms with E-state index in [0.29, 0.717) is 41.4 Å². The predicted molar refractivity (Wildman–Crippen MR) is 173 cm³/mol. The van der Waals surface area contributed by atoms with E-state index in [-0.39, 0.29) is 16.3 Å². The van der Waals surface area contributed by atoms with Crippen LogP contribution in [0.4, 0.5) is 20.2 Å². The van der Waals surface area contributed by atoms with Crippen molar-refractivity contribution in [3.05, 3.63) is 135 Å². The maximum Gasteiger partial charge on any atom is 0.254 e. The second-order valence-electron chi connectivity index (χ2n) is 10.9. The van der Waals surface area contributed by atoms with Crippen LogP contribution in [0.15, 0.2) is 101 Å². The number of rotatable bonds is 10. The van der Waals surface area contributed by atoms with Crippen molar-refractivity contribution in [3.63, 3.8) is 0 Å². The van der Waals surface area contributed by atoms with E-state index >= 15 is 0 Å². The topological polar surface area (TPSA) is 88.1 Å². The van der Waals surface area contributed by atoms with E-state index in [1.165, 1.54) is 48.5 Å². The largest absolute Gasteiger partial charge is 0.362 e. The first-order chi connectivity index (χ1) is 21.7. The summed E-state index contributed by atoms with van der Waals surface area (Å²) in [5, 5.41) is 9.10. The van der Waals surface area contributed by atoms with Gasteiger partial charge >= 0.3 is 0 Å². The van der Waals surface area contributed by atoms with Gasteiger partial charge in [0.05, 0.1) is 11.6 Å². The number of amides is 2. The fourth-order valence-electron chi connectivity index (χ4n) is 5.56. The van der Waals surface area contributed by atoms with E-state index in [1.807, 2.05) is 34.9 Å². The third-order valence-corrected chi connectivity index (χ3v) is 7.98. The molecule has 1 aromatic heterocycles. The van der Waals surface area contributed by atoms with E-state index in [0.717, 1.165) is 24.2 Å². The number of benzene rings is 3. The molecule has 2 amide bonds. The molecule has 232 valence electrons. The minimum Gasteiger partial charge on any atom is -0.362 e. The van der Waals surface area contributed by atoms with Crippen molar-refractivity contribution < 1.29 is 18.4 Å². The van der Waals surface area contributed by atoms with Gasteiger partial charge in [0, 0.05) is 46.9 Å². The van der Waals surface area contributed by atoms with E-state index in [4.69, 9.17) is 16.6 Å². The molecule has 0 fully saturated rings. The van der Waals surface area contributed by atoms with Crippen molar-refractivity contribution in [2.75, 3.05) is 10.6 Å². The lowest BCUT2D eigenvalue weighted by atomic mass is 9.82. The van der Waals surface area contributed by atoms with Gasteiger partial charge in [0.25, 0.3) is 11.8 Å². The summed E-state index contributed by atoms with van der Waals surface area (Å²) in [5.74, 6) is -2.05. The second-order valence-corrected chi connectivity index (χ2v) is 11.3. The number of aryl methyl sites for hydroxylation is 1. The van der Waals surface area contributed by atoms with Crippen LogP contribution >= 0.6 is 11.6 Å². The second kappa shape index (κ2) is 13.9. The number of carbonyl (C=O) groups excluding carboxylic acids is 2. The van der Waals surface area contributed by atoms with Crippen LogP contribution in [0.2, 0.25) is 5.15 Å². The van der Waals surface area contributed by atoms with Crippen LogP contribution in [0.5, 0.6) is 0 Å². The van der Waals surface area contributed by atoms with Crippen LogP contribution < -0.4 is 16.0 Å². The van der Waals surface area contributed by atoms with Crippen LogP contribution in [0, 0.1) is 11.6 Å². The van der Waals surface area contributed by atoms with Crippen molar-refractivity contribution in [1.82, 2.24) is 14.9 Å². The van der Waals surface area contributed by atoms with Gasteiger partial charge in [-0.25, -0.2) is 13.8 Å². The first kappa shape index (κ1) is 31.7. The third-order valence-electron chi connectivity index (χ3n) is 7.71. The van der Waals surface area contributed by atoms with Crippen molar-refractivity contribution in [1.29, 1.82) is 0 Å². The Bertz CT molecular complexity index is 1680. The molecule has 7 nitrogen and oxygen atoms in total. The molecule has 3 aromatic carbocycles. The van der Waals surface area contributed by atoms with Crippen LogP contribution in [-0.4, -0.2) is 21.4 Å². The zero-order valence-electron chi connectivity index (χ0n) is 25.3. The number of nitrogens with one attached hydrogen (secondary N) is 3. The number of hydrogen-bond donors (Lipinski definition) is 3. The molecule has 0 unspecified atom stereocenters. The summed E-state index contributed by atoms with van der Waals surface area (Å²) in [5.41, 5.74) is 3.83. The molecule has 0 bridgehead atoms. The molecule has 2 heterocycles. The molecule has 3 N–H and O–H groups in total. The summed E-state index contributed by atoms with van der Waals surface area (Å²) >= 11 is 6.97. The fraction of sp³-hybridized carbons (Fsp3) is 0.229. The Kier molecular flexibility index (Phi) is 9.78. The summed E-state index contributed by atoms with van der Waals surface area (Å²) in [6.07, 6.45) is 2.45. The lowest BCUT2D eigenvalue weighted by Crippen LogP contribution is -2.36. The molecule has 1 aliphatic rings. The van der Waals surface area contributed by atoms with E-state index in [9.17, 15) is 18.4 Å². The zero-order chi connectivity index (χ0) is 32.1. The summed E-state index contributed by atoms with van der Waals surface area (Å²) in [6, 6.07) is 20.7. The number of nitrogens with zero attached hydrogens (tertiary/aromatic N) is 2. The Morgan fingerprint density at radius 2 is 1.36 bits per heavy atom. The average Bonchev–Trinajstić information content (AvgIpc) is 3.32. The minimum atomic E-state index is -0.939. The molecule has 5 rings (SSSR count). The van der Waals surface area contributed by atoms with Crippen LogP contribution in [0.1, 0.15) is 56.6 Å². The molecule has 1 aliphatic heterocycles. The maximum atomic E-state index is 14.1. The molecule has 0 radical (unpaired) electrons. The number of halogens is 3. The van der Waals surface area contributed by atoms with Gasteiger partial charge in [-0.05, 0) is 74.4 Å². The van der Waals surface area contributed by atoms with Crippen molar-refractivity contribution in [3.8, 4) is 0 Å². The lowest BCUT2D eigenvalue weighted by Gasteiger charge is -2.32. The number of anilines is 2. The highest BCUT2D eigenvalue weighted by Crippen LogP contribution is 2.42. The predicted octanol–water partition coefficient (Wildman–Crippen LogP) is 7.72. The summed E-state index contributed by atoms with van der Waals surface area (Å²) < 4.78 is 29.3. The Balaban J connectivity index is 1.67. The highest BCUT2D eigenvalue weighted by atomic mass is 35.5. The molecule has 0 saturated carbocycles. The van der Waals surface area contributed by atoms with Crippen molar-refractivity contribution in [2.24, 2.45) is 0 Å². The summed E-state index contributed by atoms with van der Waals surface area (Å²) in [7, 11) is 0. The molecular formula is C35H34ClF2N5O2. The van der Waals surface area contributed by atoms with E-state index < -0.39 is 29.4 Å². The van der Waals surface area contributed by atoms with Gasteiger partial charge in [0.15, 0.2) is 5.15 Å². The van der Waals surface area contributed by atoms with Crippen molar-refractivity contribution >= 4 is 34.8 Å². The van der Waals surface area contributed by atoms with Gasteiger partial charge in [-0.15, -0.1) is 0 Å². The van der Waals surface area contributed by atoms with Gasteiger partial charge < -0.3 is 20.5 Å². The summed E-state index contributed by atoms with van der Waals surface area (Å²) in [6.45, 7) is 6.02. The zero-order valence-corrected chi connectivity index (χ0v) is 26.0. The molecule has 0 atom stereocenters. The van der Waals surface area contributed by atoms with Gasteiger partial charge in [0.1, 0.15) is 17.5 Å². The van der Waals surface area contributed by atoms with Crippen molar-refractivity contribution in [2.45, 2.75) is 52.5 Å². The number of dihydropyridines is 1. The number of imidazole rings is 1. The highest BCUT2D eigenvalue weighted by Gasteiger charge is 2.40. The number of allylic oxidation sites excluding steroid dienone is 2. The third kappa shape index (κ3) is 7.15. The van der Waals surface area contributed by atoms with Crippen LogP contribution in [-0.2, 0) is 22.6 Å². The number of hydrogen-bond acceptors (Lipinski definition) is 4. The minimum absolute atomic E-state index is 0.184. The molecule has 0 saturated heterocycles. The molecule has 0 spiro atoms. The Labute approximate surface area is 266 Å². The first-order valence-corrected chi connectivity index (χ1v) is 15.1. The lowest BCUT2D eigenvalue weighted by molar-refractivity contribution is -0.113. The summed E-state index contributed by atoms with van der Waals surface area (Å²) in [4.78, 5) is 33.0. The number of unbranched alkanes of at least 4 members (excludes halogenated alkanes) is 1. The maximum absolute atomic E-state index is 14.1. The van der Waals surface area contributed by atoms with Crippen LogP contribution in [0.3, 0.4) is 0 Å². The highest BCUT2D eigenvalue weighted by molar-refractivity contribution is 6.30. The Morgan fingerprint density at radius 3 is 1.84 bits per heavy atom. The smallest absolute Gasteiger partial charge is 0.254 e. The Morgan fingerprint density at radius 1 is 0.844 bits per heavy atom. The molecule has 10 heteroatoms. The molecule has 4 aromatic rings. The first-order valence-electron chi connectivity index (χ1n) is 14.8. The van der Waals surface area contributed by atoms with Gasteiger partial charge in [-0.3, -0.25) is 9.59 Å². The number of aromatic nitrogens is 2. The monoisotopic (exact) mass is 629 g/mol. The van der Waals surface area contributed by atoms with Crippen LogP contribution in [0.25, 0.3) is 0 Å². The molecular weight excluding hydrogens is 596 g/mol. The van der Waals surface area contributed by atoms with Gasteiger partial charge in [-0.2, -0.15) is 0 Å². The van der Waals surface area contributed by atoms with E-state index in [1.54, 1.807) is 13.8 Å². The quantitative estimate of drug-likeness (QED) is 0.168. The SMILES string of the molecule is CCCCc1nc(Cl)c(C2C(C(=O)Nc3ccc(F)cc3)=C(C)NC(C)=C2C(=O)Nc2ccc(F)cc2)n1Cc1ccccc1. The normalized spacial score (nSPS) is 13.6. The Hall–Kier alpha value is -4.76. The molecule has 0 aliphatic carbocycles. The molecule has 45 heavy (non-hydrogen) atoms. The fourth-order valence-corrected chi connectivity index (χ4v) is 5.87. The number of carbonyl (C=O) groups is 2.